The lowest BCUT2D eigenvalue weighted by molar-refractivity contribution is 0.0268. The van der Waals surface area contributed by atoms with Gasteiger partial charge in [0, 0.05) is 27.2 Å². The fourth-order valence-electron chi connectivity index (χ4n) is 1.84. The Labute approximate surface area is 138 Å². The molecule has 0 aromatic heterocycles. The molecule has 0 radical (unpaired) electrons. The second kappa shape index (κ2) is 9.15. The topological polar surface area (TPSA) is 72.0 Å². The maximum absolute atomic E-state index is 11.4. The summed E-state index contributed by atoms with van der Waals surface area (Å²) in [6, 6.07) is 7.40. The normalized spacial score (nSPS) is 12.0. The van der Waals surface area contributed by atoms with E-state index in [1.54, 1.807) is 26.3 Å². The molecule has 6 nitrogen and oxygen atoms in total. The highest BCUT2D eigenvalue weighted by Gasteiger charge is 2.16. The maximum Gasteiger partial charge on any atom is 0.337 e. The summed E-state index contributed by atoms with van der Waals surface area (Å²) in [6.45, 7) is 5.42. The number of methoxy groups -OCH3 is 2. The zero-order valence-corrected chi connectivity index (χ0v) is 14.6. The van der Waals surface area contributed by atoms with Crippen LogP contribution in [0.25, 0.3) is 0 Å². The molecule has 0 saturated carbocycles. The van der Waals surface area contributed by atoms with Gasteiger partial charge in [0.2, 0.25) is 0 Å². The number of ether oxygens (including phenoxy) is 2. The monoisotopic (exact) mass is 321 g/mol. The van der Waals surface area contributed by atoms with Crippen LogP contribution >= 0.6 is 0 Å². The number of carbonyl (C=O) groups excluding carboxylic acids is 1. The Morgan fingerprint density at radius 2 is 1.83 bits per heavy atom. The van der Waals surface area contributed by atoms with Crippen LogP contribution in [0.4, 0.5) is 0 Å². The van der Waals surface area contributed by atoms with Crippen molar-refractivity contribution in [3.63, 3.8) is 0 Å². The molecule has 0 heterocycles. The van der Waals surface area contributed by atoms with Crippen LogP contribution in [0.3, 0.4) is 0 Å². The van der Waals surface area contributed by atoms with Crippen LogP contribution < -0.4 is 10.6 Å². The minimum Gasteiger partial charge on any atom is -0.465 e. The van der Waals surface area contributed by atoms with Crippen molar-refractivity contribution in [1.29, 1.82) is 0 Å². The smallest absolute Gasteiger partial charge is 0.337 e. The van der Waals surface area contributed by atoms with E-state index in [-0.39, 0.29) is 11.6 Å². The molecule has 23 heavy (non-hydrogen) atoms. The molecule has 2 N–H and O–H groups in total. The van der Waals surface area contributed by atoms with Crippen molar-refractivity contribution in [1.82, 2.24) is 10.6 Å². The van der Waals surface area contributed by atoms with E-state index in [1.165, 1.54) is 7.11 Å². The van der Waals surface area contributed by atoms with E-state index in [9.17, 15) is 4.79 Å². The summed E-state index contributed by atoms with van der Waals surface area (Å²) in [4.78, 5) is 15.6. The number of guanidine groups is 1. The van der Waals surface area contributed by atoms with Crippen LogP contribution in [0, 0.1) is 0 Å². The first-order chi connectivity index (χ1) is 10.9. The van der Waals surface area contributed by atoms with E-state index >= 15 is 0 Å². The van der Waals surface area contributed by atoms with Gasteiger partial charge in [-0.05, 0) is 38.0 Å². The van der Waals surface area contributed by atoms with Crippen LogP contribution in [0.15, 0.2) is 29.3 Å². The standard InChI is InChI=1S/C17H27N3O3/c1-17(2,23-5)12-20-16(18-3)19-11-10-13-6-8-14(9-7-13)15(21)22-4/h6-9H,10-12H2,1-5H3,(H2,18,19,20). The predicted octanol–water partition coefficient (Wildman–Crippen LogP) is 1.61. The number of esters is 1. The molecule has 0 aliphatic rings. The first kappa shape index (κ1) is 19.0. The largest absolute Gasteiger partial charge is 0.465 e. The minimum absolute atomic E-state index is 0.249. The summed E-state index contributed by atoms with van der Waals surface area (Å²) in [5, 5.41) is 6.49. The molecule has 6 heteroatoms. The van der Waals surface area contributed by atoms with Crippen LogP contribution in [0.1, 0.15) is 29.8 Å². The Morgan fingerprint density at radius 1 is 1.17 bits per heavy atom. The fourth-order valence-corrected chi connectivity index (χ4v) is 1.84. The van der Waals surface area contributed by atoms with Gasteiger partial charge in [0.05, 0.1) is 18.3 Å². The van der Waals surface area contributed by atoms with Crippen molar-refractivity contribution in [2.45, 2.75) is 25.9 Å². The molecule has 1 aromatic rings. The lowest BCUT2D eigenvalue weighted by Crippen LogP contribution is -2.45. The summed E-state index contributed by atoms with van der Waals surface area (Å²) in [6.07, 6.45) is 0.829. The number of nitrogens with one attached hydrogen (secondary N) is 2. The van der Waals surface area contributed by atoms with Crippen LogP contribution in [0.2, 0.25) is 0 Å². The number of benzene rings is 1. The average Bonchev–Trinajstić information content (AvgIpc) is 2.57. The highest BCUT2D eigenvalue weighted by atomic mass is 16.5. The second-order valence-corrected chi connectivity index (χ2v) is 5.75. The number of rotatable bonds is 7. The van der Waals surface area contributed by atoms with Gasteiger partial charge < -0.3 is 20.1 Å². The van der Waals surface area contributed by atoms with Crippen LogP contribution in [-0.4, -0.2) is 51.9 Å². The lowest BCUT2D eigenvalue weighted by atomic mass is 10.1. The van der Waals surface area contributed by atoms with Crippen molar-refractivity contribution in [2.75, 3.05) is 34.4 Å². The number of aliphatic imine (C=N–C) groups is 1. The Bertz CT molecular complexity index is 524. The van der Waals surface area contributed by atoms with E-state index in [0.29, 0.717) is 12.1 Å². The zero-order valence-electron chi connectivity index (χ0n) is 14.6. The molecule has 1 aromatic carbocycles. The third-order valence-electron chi connectivity index (χ3n) is 3.54. The molecule has 0 saturated heterocycles. The van der Waals surface area contributed by atoms with Gasteiger partial charge in [-0.15, -0.1) is 0 Å². The molecule has 1 rings (SSSR count). The number of hydrogen-bond donors (Lipinski definition) is 2. The predicted molar refractivity (Wildman–Crippen MR) is 91.9 cm³/mol. The molecule has 128 valence electrons. The van der Waals surface area contributed by atoms with Gasteiger partial charge in [0.25, 0.3) is 0 Å². The summed E-state index contributed by atoms with van der Waals surface area (Å²) in [5.41, 5.74) is 1.45. The number of hydrogen-bond acceptors (Lipinski definition) is 4. The highest BCUT2D eigenvalue weighted by molar-refractivity contribution is 5.89. The maximum atomic E-state index is 11.4. The molecular formula is C17H27N3O3. The summed E-state index contributed by atoms with van der Waals surface area (Å²) < 4.78 is 10.0. The third kappa shape index (κ3) is 6.69. The summed E-state index contributed by atoms with van der Waals surface area (Å²) in [5.74, 6) is 0.418. The third-order valence-corrected chi connectivity index (χ3v) is 3.54. The van der Waals surface area contributed by atoms with E-state index < -0.39 is 0 Å². The highest BCUT2D eigenvalue weighted by Crippen LogP contribution is 2.06. The zero-order chi connectivity index (χ0) is 17.3. The first-order valence-electron chi connectivity index (χ1n) is 7.59. The molecule has 0 bridgehead atoms. The SMILES string of the molecule is CN=C(NCCc1ccc(C(=O)OC)cc1)NCC(C)(C)OC. The molecular weight excluding hydrogens is 294 g/mol. The molecule has 0 aliphatic heterocycles. The molecule has 0 spiro atoms. The quantitative estimate of drug-likeness (QED) is 0.453. The van der Waals surface area contributed by atoms with Crippen LogP contribution in [-0.2, 0) is 15.9 Å². The van der Waals surface area contributed by atoms with E-state index in [2.05, 4.69) is 20.4 Å². The van der Waals surface area contributed by atoms with Gasteiger partial charge in [0.1, 0.15) is 0 Å². The van der Waals surface area contributed by atoms with Crippen molar-refractivity contribution in [2.24, 2.45) is 4.99 Å². The number of carbonyl (C=O) groups is 1. The van der Waals surface area contributed by atoms with Crippen molar-refractivity contribution in [3.8, 4) is 0 Å². The Hall–Kier alpha value is -2.08. The molecule has 0 fully saturated rings. The van der Waals surface area contributed by atoms with E-state index in [1.807, 2.05) is 26.0 Å². The second-order valence-electron chi connectivity index (χ2n) is 5.75. The van der Waals surface area contributed by atoms with Crippen LogP contribution in [0.5, 0.6) is 0 Å². The van der Waals surface area contributed by atoms with Crippen molar-refractivity contribution >= 4 is 11.9 Å². The summed E-state index contributed by atoms with van der Waals surface area (Å²) in [7, 11) is 4.81. The van der Waals surface area contributed by atoms with Gasteiger partial charge in [-0.2, -0.15) is 0 Å². The molecule has 0 unspecified atom stereocenters. The van der Waals surface area contributed by atoms with E-state index in [4.69, 9.17) is 4.74 Å². The summed E-state index contributed by atoms with van der Waals surface area (Å²) >= 11 is 0. The fraction of sp³-hybridized carbons (Fsp3) is 0.529. The van der Waals surface area contributed by atoms with E-state index in [0.717, 1.165) is 24.5 Å². The van der Waals surface area contributed by atoms with Gasteiger partial charge in [-0.3, -0.25) is 4.99 Å². The Morgan fingerprint density at radius 3 is 2.35 bits per heavy atom. The number of nitrogens with zero attached hydrogens (tertiary/aromatic N) is 1. The lowest BCUT2D eigenvalue weighted by Gasteiger charge is -2.24. The van der Waals surface area contributed by atoms with Gasteiger partial charge in [-0.1, -0.05) is 12.1 Å². The van der Waals surface area contributed by atoms with Gasteiger partial charge >= 0.3 is 5.97 Å². The van der Waals surface area contributed by atoms with Gasteiger partial charge in [0.15, 0.2) is 5.96 Å². The Balaban J connectivity index is 2.41. The first-order valence-corrected chi connectivity index (χ1v) is 7.59. The van der Waals surface area contributed by atoms with Gasteiger partial charge in [-0.25, -0.2) is 4.79 Å². The van der Waals surface area contributed by atoms with Crippen molar-refractivity contribution < 1.29 is 14.3 Å². The molecule has 0 amide bonds. The Kier molecular flexibility index (Phi) is 7.54. The molecule has 0 atom stereocenters. The average molecular weight is 321 g/mol. The minimum atomic E-state index is -0.319. The van der Waals surface area contributed by atoms with Crippen molar-refractivity contribution in [3.05, 3.63) is 35.4 Å². The molecule has 0 aliphatic carbocycles.